The number of nitrogens with one attached hydrogen (secondary N) is 2. The number of para-hydroxylation sites is 1. The van der Waals surface area contributed by atoms with Crippen molar-refractivity contribution in [1.82, 2.24) is 5.43 Å². The Hall–Kier alpha value is -4.00. The second kappa shape index (κ2) is 10.5. The molecule has 3 aromatic carbocycles. The Bertz CT molecular complexity index is 1090. The van der Waals surface area contributed by atoms with E-state index >= 15 is 0 Å². The molecule has 1 atom stereocenters. The molecule has 0 aromatic heterocycles. The number of carbonyl (C=O) groups excluding carboxylic acids is 2. The van der Waals surface area contributed by atoms with Crippen LogP contribution in [-0.2, 0) is 16.2 Å². The lowest BCUT2D eigenvalue weighted by atomic mass is 10.1. The summed E-state index contributed by atoms with van der Waals surface area (Å²) in [6, 6.07) is 24.7. The maximum atomic E-state index is 12.7. The number of hydrogen-bond donors (Lipinski definition) is 2. The van der Waals surface area contributed by atoms with Gasteiger partial charge in [-0.3, -0.25) is 20.4 Å². The fourth-order valence-electron chi connectivity index (χ4n) is 3.69. The number of rotatable bonds is 9. The van der Waals surface area contributed by atoms with Crippen molar-refractivity contribution in [2.75, 3.05) is 23.5 Å². The van der Waals surface area contributed by atoms with Crippen LogP contribution in [0.3, 0.4) is 0 Å². The van der Waals surface area contributed by atoms with E-state index in [1.54, 1.807) is 23.1 Å². The first-order valence-electron chi connectivity index (χ1n) is 11.0. The monoisotopic (exact) mass is 445 g/mol. The van der Waals surface area contributed by atoms with Gasteiger partial charge in [0.2, 0.25) is 11.8 Å². The number of hydrazine groups is 1. The summed E-state index contributed by atoms with van der Waals surface area (Å²) in [6.45, 7) is 3.17. The largest absolute Gasteiger partial charge is 0.490 e. The molecule has 1 fully saturated rings. The molecular formula is C26H27N3O4. The molecule has 2 amide bonds. The van der Waals surface area contributed by atoms with Gasteiger partial charge in [-0.15, -0.1) is 0 Å². The van der Waals surface area contributed by atoms with E-state index in [4.69, 9.17) is 9.47 Å². The van der Waals surface area contributed by atoms with Crippen LogP contribution in [0.4, 0.5) is 11.4 Å². The van der Waals surface area contributed by atoms with Gasteiger partial charge in [-0.25, -0.2) is 0 Å². The second-order valence-corrected chi connectivity index (χ2v) is 7.72. The predicted octanol–water partition coefficient (Wildman–Crippen LogP) is 4.16. The van der Waals surface area contributed by atoms with Crippen molar-refractivity contribution in [2.24, 2.45) is 5.92 Å². The number of amides is 2. The zero-order valence-corrected chi connectivity index (χ0v) is 18.5. The number of anilines is 2. The van der Waals surface area contributed by atoms with Gasteiger partial charge >= 0.3 is 0 Å². The van der Waals surface area contributed by atoms with E-state index in [0.717, 1.165) is 11.3 Å². The number of nitrogens with zero attached hydrogens (tertiary/aromatic N) is 1. The fraction of sp³-hybridized carbons (Fsp3) is 0.231. The molecule has 170 valence electrons. The smallest absolute Gasteiger partial charge is 0.243 e. The van der Waals surface area contributed by atoms with Gasteiger partial charge in [-0.05, 0) is 36.8 Å². The zero-order chi connectivity index (χ0) is 23.0. The summed E-state index contributed by atoms with van der Waals surface area (Å²) in [5.74, 6) is 0.491. The first kappa shape index (κ1) is 22.2. The molecule has 0 aliphatic carbocycles. The third kappa shape index (κ3) is 5.63. The van der Waals surface area contributed by atoms with E-state index in [2.05, 4.69) is 10.9 Å². The van der Waals surface area contributed by atoms with Crippen LogP contribution in [0, 0.1) is 5.92 Å². The Morgan fingerprint density at radius 3 is 2.42 bits per heavy atom. The molecule has 0 bridgehead atoms. The van der Waals surface area contributed by atoms with E-state index in [1.807, 2.05) is 67.6 Å². The normalized spacial score (nSPS) is 15.2. The van der Waals surface area contributed by atoms with Crippen LogP contribution < -0.4 is 25.2 Å². The van der Waals surface area contributed by atoms with Crippen LogP contribution in [-0.4, -0.2) is 25.0 Å². The molecule has 0 unspecified atom stereocenters. The van der Waals surface area contributed by atoms with Gasteiger partial charge in [0.05, 0.1) is 18.2 Å². The summed E-state index contributed by atoms with van der Waals surface area (Å²) in [5.41, 5.74) is 8.16. The molecule has 7 heteroatoms. The van der Waals surface area contributed by atoms with E-state index < -0.39 is 5.92 Å². The highest BCUT2D eigenvalue weighted by Gasteiger charge is 2.35. The zero-order valence-electron chi connectivity index (χ0n) is 18.5. The van der Waals surface area contributed by atoms with E-state index in [0.29, 0.717) is 36.9 Å². The SMILES string of the molecule is CCOc1cc(NNC(=O)[C@@H]2CC(=O)N(c3ccccc3)C2)ccc1OCc1ccccc1. The molecule has 33 heavy (non-hydrogen) atoms. The lowest BCUT2D eigenvalue weighted by Crippen LogP contribution is -2.36. The van der Waals surface area contributed by atoms with E-state index in [1.165, 1.54) is 0 Å². The Morgan fingerprint density at radius 1 is 0.970 bits per heavy atom. The first-order chi connectivity index (χ1) is 16.1. The minimum Gasteiger partial charge on any atom is -0.490 e. The van der Waals surface area contributed by atoms with Gasteiger partial charge in [0.15, 0.2) is 11.5 Å². The Kier molecular flexibility index (Phi) is 7.09. The average molecular weight is 446 g/mol. The fourth-order valence-corrected chi connectivity index (χ4v) is 3.69. The van der Waals surface area contributed by atoms with E-state index in [-0.39, 0.29) is 18.2 Å². The lowest BCUT2D eigenvalue weighted by Gasteiger charge is -2.17. The van der Waals surface area contributed by atoms with Crippen molar-refractivity contribution in [3.8, 4) is 11.5 Å². The summed E-state index contributed by atoms with van der Waals surface area (Å²) in [6.07, 6.45) is 0.179. The number of carbonyl (C=O) groups is 2. The van der Waals surface area contributed by atoms with Crippen LogP contribution >= 0.6 is 0 Å². The second-order valence-electron chi connectivity index (χ2n) is 7.72. The Balaban J connectivity index is 1.35. The molecule has 0 radical (unpaired) electrons. The molecule has 0 spiro atoms. The standard InChI is InChI=1S/C26H27N3O4/c1-2-32-24-16-21(13-14-23(24)33-18-19-9-5-3-6-10-19)27-28-26(31)20-15-25(30)29(17-20)22-11-7-4-8-12-22/h3-14,16,20,27H,2,15,17-18H2,1H3,(H,28,31)/t20-/m1/s1. The number of ether oxygens (including phenoxy) is 2. The minimum absolute atomic E-state index is 0.0556. The third-order valence-electron chi connectivity index (χ3n) is 5.37. The van der Waals surface area contributed by atoms with Gasteiger partial charge in [0.25, 0.3) is 0 Å². The van der Waals surface area contributed by atoms with Gasteiger partial charge in [0, 0.05) is 24.7 Å². The number of hydrogen-bond acceptors (Lipinski definition) is 5. The summed E-state index contributed by atoms with van der Waals surface area (Å²) >= 11 is 0. The van der Waals surface area contributed by atoms with Crippen molar-refractivity contribution in [3.05, 3.63) is 84.4 Å². The van der Waals surface area contributed by atoms with Crippen molar-refractivity contribution < 1.29 is 19.1 Å². The lowest BCUT2D eigenvalue weighted by molar-refractivity contribution is -0.125. The summed E-state index contributed by atoms with van der Waals surface area (Å²) in [7, 11) is 0. The highest BCUT2D eigenvalue weighted by atomic mass is 16.5. The minimum atomic E-state index is -0.426. The molecule has 7 nitrogen and oxygen atoms in total. The Labute approximate surface area is 193 Å². The molecule has 1 heterocycles. The van der Waals surface area contributed by atoms with Crippen molar-refractivity contribution in [1.29, 1.82) is 0 Å². The predicted molar refractivity (Wildman–Crippen MR) is 127 cm³/mol. The van der Waals surface area contributed by atoms with Crippen LogP contribution in [0.15, 0.2) is 78.9 Å². The summed E-state index contributed by atoms with van der Waals surface area (Å²) in [4.78, 5) is 26.7. The third-order valence-corrected chi connectivity index (χ3v) is 5.37. The molecule has 1 aliphatic heterocycles. The summed E-state index contributed by atoms with van der Waals surface area (Å²) < 4.78 is 11.6. The Morgan fingerprint density at radius 2 is 1.70 bits per heavy atom. The van der Waals surface area contributed by atoms with Gasteiger partial charge in [-0.1, -0.05) is 48.5 Å². The maximum Gasteiger partial charge on any atom is 0.243 e. The average Bonchev–Trinajstić information content (AvgIpc) is 3.25. The highest BCUT2D eigenvalue weighted by molar-refractivity contribution is 6.00. The molecule has 2 N–H and O–H groups in total. The molecule has 0 saturated carbocycles. The molecule has 1 aliphatic rings. The first-order valence-corrected chi connectivity index (χ1v) is 11.0. The van der Waals surface area contributed by atoms with E-state index in [9.17, 15) is 9.59 Å². The number of benzene rings is 3. The van der Waals surface area contributed by atoms with Crippen LogP contribution in [0.5, 0.6) is 11.5 Å². The van der Waals surface area contributed by atoms with Gasteiger partial charge in [-0.2, -0.15) is 0 Å². The van der Waals surface area contributed by atoms with Gasteiger partial charge in [0.1, 0.15) is 6.61 Å². The quantitative estimate of drug-likeness (QED) is 0.484. The topological polar surface area (TPSA) is 79.9 Å². The van der Waals surface area contributed by atoms with Crippen molar-refractivity contribution in [2.45, 2.75) is 20.0 Å². The molecular weight excluding hydrogens is 418 g/mol. The highest BCUT2D eigenvalue weighted by Crippen LogP contribution is 2.31. The summed E-state index contributed by atoms with van der Waals surface area (Å²) in [5, 5.41) is 0. The molecule has 3 aromatic rings. The maximum absolute atomic E-state index is 12.7. The molecule has 4 rings (SSSR count). The van der Waals surface area contributed by atoms with Crippen LogP contribution in [0.1, 0.15) is 18.9 Å². The van der Waals surface area contributed by atoms with Crippen LogP contribution in [0.25, 0.3) is 0 Å². The van der Waals surface area contributed by atoms with Crippen molar-refractivity contribution >= 4 is 23.2 Å². The van der Waals surface area contributed by atoms with Gasteiger partial charge < -0.3 is 14.4 Å². The van der Waals surface area contributed by atoms with Crippen LogP contribution in [0.2, 0.25) is 0 Å². The molecule has 1 saturated heterocycles. The van der Waals surface area contributed by atoms with Crippen molar-refractivity contribution in [3.63, 3.8) is 0 Å².